The molecule has 38 heavy (non-hydrogen) atoms. The monoisotopic (exact) mass is 546 g/mol. The van der Waals surface area contributed by atoms with Gasteiger partial charge in [0.15, 0.2) is 0 Å². The van der Waals surface area contributed by atoms with Crippen molar-refractivity contribution in [1.82, 2.24) is 20.1 Å². The van der Waals surface area contributed by atoms with Crippen LogP contribution in [0.2, 0.25) is 0 Å². The fourth-order valence-electron chi connectivity index (χ4n) is 4.85. The Labute approximate surface area is 227 Å². The van der Waals surface area contributed by atoms with Crippen LogP contribution in [0.15, 0.2) is 23.7 Å². The molecular weight excluding hydrogens is 508 g/mol. The summed E-state index contributed by atoms with van der Waals surface area (Å²) in [5, 5.41) is 33.7. The number of aromatic hydroxyl groups is 1. The first-order chi connectivity index (χ1) is 17.5. The van der Waals surface area contributed by atoms with Crippen LogP contribution in [-0.4, -0.2) is 78.3 Å². The molecule has 1 saturated heterocycles. The van der Waals surface area contributed by atoms with Gasteiger partial charge in [-0.3, -0.25) is 14.5 Å². The number of aryl methyl sites for hydroxylation is 1. The van der Waals surface area contributed by atoms with E-state index in [2.05, 4.69) is 10.3 Å². The molecule has 0 radical (unpaired) electrons. The van der Waals surface area contributed by atoms with Gasteiger partial charge in [-0.05, 0) is 44.7 Å². The minimum atomic E-state index is -1.24. The van der Waals surface area contributed by atoms with Crippen molar-refractivity contribution in [1.29, 1.82) is 0 Å². The molecular formula is C27H38N4O6S. The number of carboxylic acid groups (broad SMARTS) is 1. The number of aromatic nitrogens is 1. The zero-order chi connectivity index (χ0) is 28.6. The van der Waals surface area contributed by atoms with Crippen LogP contribution < -0.4 is 5.32 Å². The topological polar surface area (TPSA) is 143 Å². The van der Waals surface area contributed by atoms with Crippen LogP contribution >= 0.6 is 11.3 Å². The van der Waals surface area contributed by atoms with Gasteiger partial charge in [-0.25, -0.2) is 9.78 Å². The van der Waals surface area contributed by atoms with E-state index >= 15 is 0 Å². The molecule has 208 valence electrons. The molecule has 0 saturated carbocycles. The normalized spacial score (nSPS) is 18.8. The zero-order valence-corrected chi connectivity index (χ0v) is 23.8. The third-order valence-corrected chi connectivity index (χ3v) is 7.63. The Balaban J connectivity index is 1.80. The van der Waals surface area contributed by atoms with Gasteiger partial charge in [0, 0.05) is 30.6 Å². The number of hydrogen-bond acceptors (Lipinski definition) is 7. The maximum atomic E-state index is 13.8. The molecule has 2 heterocycles. The van der Waals surface area contributed by atoms with Crippen LogP contribution in [0.25, 0.3) is 10.4 Å². The Kier molecular flexibility index (Phi) is 8.42. The molecule has 1 aliphatic heterocycles. The van der Waals surface area contributed by atoms with E-state index in [-0.39, 0.29) is 25.3 Å². The smallest absolute Gasteiger partial charge is 0.408 e. The highest BCUT2D eigenvalue weighted by molar-refractivity contribution is 7.13. The Morgan fingerprint density at radius 1 is 1.21 bits per heavy atom. The number of likely N-dealkylation sites (tertiary alicyclic amines) is 1. The fraction of sp³-hybridized carbons (Fsp3) is 0.556. The highest BCUT2D eigenvalue weighted by atomic mass is 32.1. The van der Waals surface area contributed by atoms with Gasteiger partial charge in [0.2, 0.25) is 11.8 Å². The Morgan fingerprint density at radius 3 is 2.37 bits per heavy atom. The predicted molar refractivity (Wildman–Crippen MR) is 145 cm³/mol. The van der Waals surface area contributed by atoms with Crippen LogP contribution in [-0.2, 0) is 16.1 Å². The summed E-state index contributed by atoms with van der Waals surface area (Å²) in [4.78, 5) is 46.9. The summed E-state index contributed by atoms with van der Waals surface area (Å²) >= 11 is 1.47. The number of amides is 3. The van der Waals surface area contributed by atoms with E-state index in [1.54, 1.807) is 59.2 Å². The van der Waals surface area contributed by atoms with Gasteiger partial charge in [-0.2, -0.15) is 0 Å². The van der Waals surface area contributed by atoms with Crippen LogP contribution in [0.4, 0.5) is 4.79 Å². The number of hydrogen-bond donors (Lipinski definition) is 4. The lowest BCUT2D eigenvalue weighted by atomic mass is 9.82. The van der Waals surface area contributed by atoms with Gasteiger partial charge in [0.05, 0.1) is 22.2 Å². The summed E-state index contributed by atoms with van der Waals surface area (Å²) in [5.74, 6) is -0.995. The molecule has 0 bridgehead atoms. The molecule has 0 unspecified atom stereocenters. The number of aliphatic hydroxyl groups excluding tert-OH is 1. The summed E-state index contributed by atoms with van der Waals surface area (Å²) < 4.78 is 0. The lowest BCUT2D eigenvalue weighted by Gasteiger charge is -2.46. The van der Waals surface area contributed by atoms with Crippen molar-refractivity contribution in [3.63, 3.8) is 0 Å². The molecule has 0 spiro atoms. The molecule has 1 aromatic heterocycles. The molecule has 0 aliphatic carbocycles. The van der Waals surface area contributed by atoms with Crippen LogP contribution in [0.1, 0.15) is 59.2 Å². The van der Waals surface area contributed by atoms with Crippen molar-refractivity contribution < 1.29 is 29.7 Å². The first kappa shape index (κ1) is 29.4. The first-order valence-corrected chi connectivity index (χ1v) is 13.4. The minimum Gasteiger partial charge on any atom is -0.508 e. The third kappa shape index (κ3) is 6.27. The molecule has 1 aliphatic rings. The van der Waals surface area contributed by atoms with Crippen molar-refractivity contribution in [3.8, 4) is 16.2 Å². The van der Waals surface area contributed by atoms with E-state index in [4.69, 9.17) is 0 Å². The standard InChI is InChI=1S/C27H38N4O6S/c1-15-21(38-14-29-15)16-8-9-17(20(33)10-16)12-28-23(34)19-11-18(32)13-30(19)24(35)22(26(2,3)4)31(25(36)37)27(5,6)7/h8-10,14,18-19,22,32-33H,11-13H2,1-7H3,(H,28,34)(H,36,37)/t18-,19-,22-/m1/s1. The molecule has 3 rings (SSSR count). The number of carbonyl (C=O) groups excluding carboxylic acids is 2. The van der Waals surface area contributed by atoms with Gasteiger partial charge >= 0.3 is 6.09 Å². The number of phenols is 1. The molecule has 1 fully saturated rings. The predicted octanol–water partition coefficient (Wildman–Crippen LogP) is 3.60. The number of rotatable bonds is 6. The van der Waals surface area contributed by atoms with Gasteiger partial charge < -0.3 is 25.5 Å². The van der Waals surface area contributed by atoms with Gasteiger partial charge in [-0.15, -0.1) is 11.3 Å². The second kappa shape index (κ2) is 10.9. The maximum absolute atomic E-state index is 13.8. The summed E-state index contributed by atoms with van der Waals surface area (Å²) in [6.45, 7) is 12.3. The summed E-state index contributed by atoms with van der Waals surface area (Å²) in [6.07, 6.45) is -2.12. The number of thiazole rings is 1. The summed E-state index contributed by atoms with van der Waals surface area (Å²) in [6, 6.07) is 3.14. The van der Waals surface area contributed by atoms with E-state index in [9.17, 15) is 29.7 Å². The van der Waals surface area contributed by atoms with E-state index in [1.807, 2.05) is 13.0 Å². The number of nitrogens with zero attached hydrogens (tertiary/aromatic N) is 3. The molecule has 2 aromatic rings. The van der Waals surface area contributed by atoms with E-state index in [0.29, 0.717) is 5.56 Å². The molecule has 4 N–H and O–H groups in total. The lowest BCUT2D eigenvalue weighted by molar-refractivity contribution is -0.147. The van der Waals surface area contributed by atoms with Crippen LogP contribution in [0.5, 0.6) is 5.75 Å². The van der Waals surface area contributed by atoms with E-state index < -0.39 is 47.0 Å². The van der Waals surface area contributed by atoms with Crippen molar-refractivity contribution in [2.75, 3.05) is 6.54 Å². The number of aliphatic hydroxyl groups is 1. The molecule has 11 heteroatoms. The number of nitrogens with one attached hydrogen (secondary N) is 1. The highest BCUT2D eigenvalue weighted by Gasteiger charge is 2.49. The summed E-state index contributed by atoms with van der Waals surface area (Å²) in [7, 11) is 0. The quantitative estimate of drug-likeness (QED) is 0.433. The Morgan fingerprint density at radius 2 is 1.87 bits per heavy atom. The van der Waals surface area contributed by atoms with E-state index in [1.165, 1.54) is 16.2 Å². The molecule has 10 nitrogen and oxygen atoms in total. The average Bonchev–Trinajstić information content (AvgIpc) is 3.39. The van der Waals surface area contributed by atoms with Crippen molar-refractivity contribution >= 4 is 29.2 Å². The zero-order valence-electron chi connectivity index (χ0n) is 23.0. The van der Waals surface area contributed by atoms with Crippen molar-refractivity contribution in [3.05, 3.63) is 35.0 Å². The van der Waals surface area contributed by atoms with E-state index in [0.717, 1.165) is 21.0 Å². The molecule has 3 atom stereocenters. The first-order valence-electron chi connectivity index (χ1n) is 12.5. The van der Waals surface area contributed by atoms with Crippen molar-refractivity contribution in [2.24, 2.45) is 5.41 Å². The second-order valence-corrected chi connectivity index (χ2v) is 12.7. The fourth-order valence-corrected chi connectivity index (χ4v) is 5.65. The minimum absolute atomic E-state index is 0.0186. The number of phenolic OH excluding ortho intramolecular Hbond substituents is 1. The second-order valence-electron chi connectivity index (χ2n) is 11.8. The lowest BCUT2D eigenvalue weighted by Crippen LogP contribution is -2.63. The SMILES string of the molecule is Cc1ncsc1-c1ccc(CNC(=O)[C@H]2C[C@@H](O)CN2C(=O)[C@@H](N(C(=O)O)C(C)(C)C)C(C)(C)C)c(O)c1. The third-order valence-electron chi connectivity index (χ3n) is 6.65. The van der Waals surface area contributed by atoms with Crippen LogP contribution in [0.3, 0.4) is 0 Å². The van der Waals surface area contributed by atoms with Crippen LogP contribution in [0, 0.1) is 12.3 Å². The van der Waals surface area contributed by atoms with Crippen molar-refractivity contribution in [2.45, 2.75) is 85.2 Å². The van der Waals surface area contributed by atoms with Gasteiger partial charge in [-0.1, -0.05) is 32.9 Å². The Bertz CT molecular complexity index is 1200. The maximum Gasteiger partial charge on any atom is 0.408 e. The average molecular weight is 547 g/mol. The molecule has 3 amide bonds. The number of carbonyl (C=O) groups is 3. The Hall–Kier alpha value is -3.18. The largest absolute Gasteiger partial charge is 0.508 e. The molecule has 1 aromatic carbocycles. The summed E-state index contributed by atoms with van der Waals surface area (Å²) in [5.41, 5.74) is 2.27. The van der Waals surface area contributed by atoms with Gasteiger partial charge in [0.25, 0.3) is 0 Å². The highest BCUT2D eigenvalue weighted by Crippen LogP contribution is 2.34. The number of β-amino-alcohol motifs (C(OH)–C–C–N with tert-alkyl or cyclic N) is 1. The number of benzene rings is 1. The van der Waals surface area contributed by atoms with Gasteiger partial charge in [0.1, 0.15) is 17.8 Å².